The van der Waals surface area contributed by atoms with Gasteiger partial charge in [0.25, 0.3) is 5.56 Å². The van der Waals surface area contributed by atoms with E-state index in [0.717, 1.165) is 10.8 Å². The zero-order valence-corrected chi connectivity index (χ0v) is 19.1. The lowest BCUT2D eigenvalue weighted by molar-refractivity contribution is -0.0683. The Bertz CT molecular complexity index is 1280. The summed E-state index contributed by atoms with van der Waals surface area (Å²) in [7, 11) is -17.1. The summed E-state index contributed by atoms with van der Waals surface area (Å²) in [5, 5.41) is 10.2. The minimum Gasteiger partial charge on any atom is -0.387 e. The van der Waals surface area contributed by atoms with Crippen LogP contribution in [0.25, 0.3) is 11.0 Å². The number of hydrogen-bond acceptors (Lipinski definition) is 11. The van der Waals surface area contributed by atoms with E-state index in [0.29, 0.717) is 0 Å². The van der Waals surface area contributed by atoms with Gasteiger partial charge in [-0.15, -0.1) is 0 Å². The number of fused-ring (bicyclic) bond motifs is 1. The average molecular weight is 556 g/mol. The highest BCUT2D eigenvalue weighted by atomic mass is 31.3. The molecule has 0 radical (unpaired) electrons. The number of aromatic amines is 1. The lowest BCUT2D eigenvalue weighted by Crippen LogP contribution is -2.45. The van der Waals surface area contributed by atoms with Gasteiger partial charge in [0.1, 0.15) is 18.9 Å². The zero-order chi connectivity index (χ0) is 25.7. The van der Waals surface area contributed by atoms with Gasteiger partial charge in [0.15, 0.2) is 11.9 Å². The van der Waals surface area contributed by atoms with Crippen molar-refractivity contribution in [2.75, 3.05) is 19.0 Å². The summed E-state index contributed by atoms with van der Waals surface area (Å²) in [6.45, 7) is -3.09. The number of aliphatic hydroxyl groups is 1. The molecule has 6 atom stereocenters. The standard InChI is InChI=1S/C12H17F2N4O13P3/c13-4-12(14)7(19)6(3-28-33(24,25)31-34(26,27)30-32(21,22)23)29-10(12)18-2-1-5-8(18)16-11(15)17-9(5)20/h1-2,6-7,10,19H,3-4H2,(H,24,25)(H,26,27)(H2,21,22,23)(H3,15,16,17,20)/t6-,7+,10-,12?/m1/s1. The number of ether oxygens (including phenoxy) is 1. The fraction of sp³-hybridized carbons (Fsp3) is 0.500. The predicted molar refractivity (Wildman–Crippen MR) is 104 cm³/mol. The number of aromatic nitrogens is 3. The number of aliphatic hydroxyl groups excluding tert-OH is 1. The molecule has 1 aliphatic rings. The van der Waals surface area contributed by atoms with Crippen molar-refractivity contribution in [3.63, 3.8) is 0 Å². The molecule has 3 rings (SSSR count). The SMILES string of the molecule is Nc1nc2c(ccn2[C@@H]2O[C@H](COP(=O)(O)OP(=O)(O)OP(=O)(O)O)[C@H](O)C2(F)CF)c(=O)[nH]1. The predicted octanol–water partition coefficient (Wildman–Crippen LogP) is -0.414. The second-order valence-electron chi connectivity index (χ2n) is 6.83. The van der Waals surface area contributed by atoms with Gasteiger partial charge in [0.05, 0.1) is 12.0 Å². The number of rotatable bonds is 9. The maximum absolute atomic E-state index is 15.4. The first kappa shape index (κ1) is 27.0. The molecule has 17 nitrogen and oxygen atoms in total. The molecule has 3 heterocycles. The van der Waals surface area contributed by atoms with Crippen LogP contribution in [0.3, 0.4) is 0 Å². The van der Waals surface area contributed by atoms with Crippen molar-refractivity contribution in [1.82, 2.24) is 14.5 Å². The molecule has 22 heteroatoms. The Morgan fingerprint density at radius 3 is 2.47 bits per heavy atom. The third kappa shape index (κ3) is 5.62. The number of H-pyrrole nitrogens is 1. The summed E-state index contributed by atoms with van der Waals surface area (Å²) in [6, 6.07) is 1.17. The number of nitrogen functional groups attached to an aromatic ring is 1. The average Bonchev–Trinajstić information content (AvgIpc) is 3.17. The van der Waals surface area contributed by atoms with Gasteiger partial charge in [-0.1, -0.05) is 0 Å². The van der Waals surface area contributed by atoms with E-state index in [2.05, 4.69) is 23.1 Å². The molecule has 192 valence electrons. The Balaban J connectivity index is 1.82. The van der Waals surface area contributed by atoms with Crippen LogP contribution in [0.1, 0.15) is 6.23 Å². The number of nitrogens with zero attached hydrogens (tertiary/aromatic N) is 2. The third-order valence-electron chi connectivity index (χ3n) is 4.43. The summed E-state index contributed by atoms with van der Waals surface area (Å²) in [5.41, 5.74) is 1.30. The van der Waals surface area contributed by atoms with Gasteiger partial charge in [-0.25, -0.2) is 22.5 Å². The first-order valence-corrected chi connectivity index (χ1v) is 13.2. The number of nitrogens with two attached hydrogens (primary N) is 1. The fourth-order valence-corrected chi connectivity index (χ4v) is 6.13. The summed E-state index contributed by atoms with van der Waals surface area (Å²) in [6.07, 6.45) is -5.16. The van der Waals surface area contributed by atoms with Gasteiger partial charge in [0.2, 0.25) is 11.6 Å². The Hall–Kier alpha value is -1.59. The van der Waals surface area contributed by atoms with Gasteiger partial charge >= 0.3 is 23.5 Å². The smallest absolute Gasteiger partial charge is 0.387 e. The van der Waals surface area contributed by atoms with Crippen molar-refractivity contribution in [3.8, 4) is 0 Å². The number of anilines is 1. The number of phosphoric ester groups is 1. The van der Waals surface area contributed by atoms with E-state index in [1.807, 2.05) is 0 Å². The van der Waals surface area contributed by atoms with Crippen molar-refractivity contribution in [2.45, 2.75) is 24.1 Å². The number of hydrogen-bond donors (Lipinski definition) is 7. The Labute approximate surface area is 186 Å². The topological polar surface area (TPSA) is 266 Å². The minimum atomic E-state index is -5.83. The van der Waals surface area contributed by atoms with Crippen LogP contribution in [0.2, 0.25) is 0 Å². The Kier molecular flexibility index (Phi) is 7.25. The maximum atomic E-state index is 15.4. The molecule has 1 fully saturated rings. The van der Waals surface area contributed by atoms with Crippen molar-refractivity contribution in [2.24, 2.45) is 0 Å². The molecule has 0 bridgehead atoms. The molecule has 2 aromatic rings. The second-order valence-corrected chi connectivity index (χ2v) is 11.3. The molecule has 1 saturated heterocycles. The third-order valence-corrected chi connectivity index (χ3v) is 8.24. The Morgan fingerprint density at radius 2 is 1.88 bits per heavy atom. The van der Waals surface area contributed by atoms with Gasteiger partial charge < -0.3 is 39.7 Å². The highest BCUT2D eigenvalue weighted by molar-refractivity contribution is 7.66. The molecular formula is C12H17F2N4O13P3. The van der Waals surface area contributed by atoms with Gasteiger partial charge in [-0.3, -0.25) is 14.3 Å². The van der Waals surface area contributed by atoms with Crippen LogP contribution in [-0.4, -0.2) is 70.4 Å². The molecule has 1 aliphatic heterocycles. The van der Waals surface area contributed by atoms with Gasteiger partial charge in [-0.2, -0.15) is 13.6 Å². The number of halogens is 2. The van der Waals surface area contributed by atoms with Crippen LogP contribution in [0, 0.1) is 0 Å². The van der Waals surface area contributed by atoms with Crippen molar-refractivity contribution in [3.05, 3.63) is 22.6 Å². The van der Waals surface area contributed by atoms with Crippen molar-refractivity contribution < 1.29 is 65.0 Å². The summed E-state index contributed by atoms with van der Waals surface area (Å²) in [4.78, 5) is 53.6. The molecule has 0 saturated carbocycles. The molecule has 3 unspecified atom stereocenters. The number of alkyl halides is 2. The van der Waals surface area contributed by atoms with E-state index in [1.54, 1.807) is 0 Å². The highest BCUT2D eigenvalue weighted by Gasteiger charge is 2.59. The number of phosphoric acid groups is 3. The summed E-state index contributed by atoms with van der Waals surface area (Å²) in [5.74, 6) is -0.370. The quantitative estimate of drug-likeness (QED) is 0.193. The first-order chi connectivity index (χ1) is 15.5. The second kappa shape index (κ2) is 9.13. The minimum absolute atomic E-state index is 0.0924. The van der Waals surface area contributed by atoms with Crippen LogP contribution in [0.4, 0.5) is 14.7 Å². The molecule has 0 aromatic carbocycles. The summed E-state index contributed by atoms with van der Waals surface area (Å²) >= 11 is 0. The van der Waals surface area contributed by atoms with Crippen molar-refractivity contribution in [1.29, 1.82) is 0 Å². The van der Waals surface area contributed by atoms with E-state index in [1.165, 1.54) is 6.07 Å². The molecule has 8 N–H and O–H groups in total. The highest BCUT2D eigenvalue weighted by Crippen LogP contribution is 2.66. The fourth-order valence-electron chi connectivity index (χ4n) is 3.10. The van der Waals surface area contributed by atoms with E-state index in [4.69, 9.17) is 25.2 Å². The molecule has 0 amide bonds. The maximum Gasteiger partial charge on any atom is 0.490 e. The van der Waals surface area contributed by atoms with E-state index in [9.17, 15) is 32.9 Å². The van der Waals surface area contributed by atoms with Crippen LogP contribution in [0.15, 0.2) is 17.1 Å². The van der Waals surface area contributed by atoms with Gasteiger partial charge in [-0.05, 0) is 6.07 Å². The van der Waals surface area contributed by atoms with E-state index in [-0.39, 0.29) is 17.0 Å². The van der Waals surface area contributed by atoms with E-state index >= 15 is 4.39 Å². The van der Waals surface area contributed by atoms with Crippen molar-refractivity contribution >= 4 is 40.4 Å². The lowest BCUT2D eigenvalue weighted by Gasteiger charge is -2.26. The van der Waals surface area contributed by atoms with Crippen LogP contribution in [0.5, 0.6) is 0 Å². The van der Waals surface area contributed by atoms with Crippen LogP contribution in [-0.2, 0) is 31.6 Å². The largest absolute Gasteiger partial charge is 0.490 e. The molecular weight excluding hydrogens is 539 g/mol. The lowest BCUT2D eigenvalue weighted by atomic mass is 9.97. The molecule has 2 aromatic heterocycles. The monoisotopic (exact) mass is 556 g/mol. The summed E-state index contributed by atoms with van der Waals surface area (Å²) < 4.78 is 80.3. The molecule has 34 heavy (non-hydrogen) atoms. The van der Waals surface area contributed by atoms with Gasteiger partial charge in [0, 0.05) is 6.20 Å². The zero-order valence-electron chi connectivity index (χ0n) is 16.4. The van der Waals surface area contributed by atoms with Crippen LogP contribution < -0.4 is 11.3 Å². The van der Waals surface area contributed by atoms with E-state index < -0.39 is 66.4 Å². The number of nitrogens with one attached hydrogen (secondary N) is 1. The Morgan fingerprint density at radius 1 is 1.24 bits per heavy atom. The molecule has 0 aliphatic carbocycles. The molecule has 0 spiro atoms. The van der Waals surface area contributed by atoms with Crippen LogP contribution >= 0.6 is 23.5 Å². The normalized spacial score (nSPS) is 29.2. The first-order valence-electron chi connectivity index (χ1n) is 8.71.